The van der Waals surface area contributed by atoms with E-state index in [1.165, 1.54) is 34.8 Å². The fraction of sp³-hybridized carbons (Fsp3) is 0.625. The molecule has 25 heavy (non-hydrogen) atoms. The molecule has 1 saturated heterocycles. The molecule has 1 aliphatic rings. The quantitative estimate of drug-likeness (QED) is 0.713. The number of anilines is 1. The predicted octanol–water partition coefficient (Wildman–Crippen LogP) is 1.25. The van der Waals surface area contributed by atoms with E-state index in [1.54, 1.807) is 6.92 Å². The first-order chi connectivity index (χ1) is 12.1. The number of piperazine rings is 1. The van der Waals surface area contributed by atoms with Crippen molar-refractivity contribution < 1.29 is 9.53 Å². The monoisotopic (exact) mass is 365 g/mol. The molecule has 0 N–H and O–H groups in total. The van der Waals surface area contributed by atoms with Crippen molar-refractivity contribution in [3.63, 3.8) is 0 Å². The fourth-order valence-electron chi connectivity index (χ4n) is 2.83. The lowest BCUT2D eigenvalue weighted by Gasteiger charge is -2.34. The van der Waals surface area contributed by atoms with E-state index in [-0.39, 0.29) is 12.3 Å². The minimum absolute atomic E-state index is 0.126. The molecule has 3 heterocycles. The number of fused-ring (bicyclic) bond motifs is 1. The topological polar surface area (TPSA) is 80.0 Å². The average molecular weight is 365 g/mol. The van der Waals surface area contributed by atoms with Crippen molar-refractivity contribution >= 4 is 27.4 Å². The number of hydrogen-bond acceptors (Lipinski definition) is 8. The van der Waals surface area contributed by atoms with Gasteiger partial charge in [0.2, 0.25) is 10.1 Å². The first-order valence-corrected chi connectivity index (χ1v) is 9.49. The molecule has 0 spiro atoms. The van der Waals surface area contributed by atoms with E-state index in [2.05, 4.69) is 26.8 Å². The third-order valence-corrected chi connectivity index (χ3v) is 5.17. The number of unbranched alkanes of at least 4 members (excludes halogenated alkanes) is 1. The summed E-state index contributed by atoms with van der Waals surface area (Å²) in [6, 6.07) is 1.18. The molecule has 136 valence electrons. The zero-order valence-corrected chi connectivity index (χ0v) is 15.4. The average Bonchev–Trinajstić information content (AvgIpc) is 3.03. The number of nitrogens with zero attached hydrogens (tertiary/aromatic N) is 5. The largest absolute Gasteiger partial charge is 0.461 e. The lowest BCUT2D eigenvalue weighted by molar-refractivity contribution is 0.0516. The van der Waals surface area contributed by atoms with Crippen LogP contribution in [0.2, 0.25) is 0 Å². The van der Waals surface area contributed by atoms with Crippen LogP contribution in [0, 0.1) is 0 Å². The minimum Gasteiger partial charge on any atom is -0.461 e. The van der Waals surface area contributed by atoms with Crippen molar-refractivity contribution in [2.45, 2.75) is 26.7 Å². The van der Waals surface area contributed by atoms with Crippen LogP contribution in [-0.2, 0) is 4.74 Å². The van der Waals surface area contributed by atoms with E-state index in [1.807, 2.05) is 0 Å². The van der Waals surface area contributed by atoms with Gasteiger partial charge in [-0.15, -0.1) is 5.10 Å². The summed E-state index contributed by atoms with van der Waals surface area (Å²) in [6.07, 6.45) is 2.42. The molecular formula is C16H23N5O3S. The third kappa shape index (κ3) is 3.98. The summed E-state index contributed by atoms with van der Waals surface area (Å²) in [6.45, 7) is 9.04. The molecule has 0 aromatic carbocycles. The van der Waals surface area contributed by atoms with Crippen molar-refractivity contribution in [3.05, 3.63) is 22.1 Å². The van der Waals surface area contributed by atoms with Crippen LogP contribution in [0.15, 0.2) is 10.9 Å². The minimum atomic E-state index is -0.557. The molecule has 2 aromatic rings. The molecule has 0 amide bonds. The SMILES string of the molecule is CCCCN1CCN(c2nn3c(C(=O)OCC)cc(=O)nc3s2)CC1. The van der Waals surface area contributed by atoms with Gasteiger partial charge in [-0.05, 0) is 19.9 Å². The van der Waals surface area contributed by atoms with Crippen molar-refractivity contribution in [2.24, 2.45) is 0 Å². The van der Waals surface area contributed by atoms with Crippen LogP contribution in [-0.4, -0.2) is 64.8 Å². The number of hydrogen-bond donors (Lipinski definition) is 0. The highest BCUT2D eigenvalue weighted by molar-refractivity contribution is 7.20. The zero-order chi connectivity index (χ0) is 17.8. The fourth-order valence-corrected chi connectivity index (χ4v) is 3.79. The van der Waals surface area contributed by atoms with E-state index in [4.69, 9.17) is 4.74 Å². The number of esters is 1. The summed E-state index contributed by atoms with van der Waals surface area (Å²) < 4.78 is 6.43. The van der Waals surface area contributed by atoms with Crippen LogP contribution in [0.5, 0.6) is 0 Å². The number of carbonyl (C=O) groups is 1. The van der Waals surface area contributed by atoms with Crippen LogP contribution in [0.1, 0.15) is 37.2 Å². The van der Waals surface area contributed by atoms with Crippen molar-refractivity contribution in [1.82, 2.24) is 19.5 Å². The Bertz CT molecular complexity index is 795. The van der Waals surface area contributed by atoms with Crippen LogP contribution in [0.25, 0.3) is 4.96 Å². The summed E-state index contributed by atoms with van der Waals surface area (Å²) in [4.78, 5) is 32.9. The van der Waals surface area contributed by atoms with Gasteiger partial charge in [0, 0.05) is 32.2 Å². The number of ether oxygens (including phenoxy) is 1. The van der Waals surface area contributed by atoms with Crippen LogP contribution in [0.4, 0.5) is 5.13 Å². The predicted molar refractivity (Wildman–Crippen MR) is 96.7 cm³/mol. The Kier molecular flexibility index (Phi) is 5.64. The van der Waals surface area contributed by atoms with Gasteiger partial charge in [-0.2, -0.15) is 9.50 Å². The Balaban J connectivity index is 1.81. The van der Waals surface area contributed by atoms with Gasteiger partial charge < -0.3 is 9.64 Å². The van der Waals surface area contributed by atoms with Crippen molar-refractivity contribution in [3.8, 4) is 0 Å². The van der Waals surface area contributed by atoms with E-state index in [0.29, 0.717) is 4.96 Å². The number of aromatic nitrogens is 3. The second-order valence-electron chi connectivity index (χ2n) is 5.96. The molecule has 8 nitrogen and oxygen atoms in total. The molecule has 0 unspecified atom stereocenters. The highest BCUT2D eigenvalue weighted by atomic mass is 32.1. The number of carbonyl (C=O) groups excluding carboxylic acids is 1. The normalized spacial score (nSPS) is 15.7. The second kappa shape index (κ2) is 7.92. The highest BCUT2D eigenvalue weighted by Crippen LogP contribution is 2.23. The van der Waals surface area contributed by atoms with Gasteiger partial charge in [-0.1, -0.05) is 24.7 Å². The van der Waals surface area contributed by atoms with Crippen LogP contribution in [0.3, 0.4) is 0 Å². The molecular weight excluding hydrogens is 342 g/mol. The summed E-state index contributed by atoms with van der Waals surface area (Å²) >= 11 is 1.33. The first kappa shape index (κ1) is 17.8. The molecule has 0 radical (unpaired) electrons. The maximum absolute atomic E-state index is 12.1. The highest BCUT2D eigenvalue weighted by Gasteiger charge is 2.22. The van der Waals surface area contributed by atoms with Gasteiger partial charge in [0.25, 0.3) is 5.56 Å². The van der Waals surface area contributed by atoms with E-state index < -0.39 is 11.5 Å². The van der Waals surface area contributed by atoms with Gasteiger partial charge in [-0.25, -0.2) is 4.79 Å². The maximum Gasteiger partial charge on any atom is 0.357 e. The molecule has 0 saturated carbocycles. The summed E-state index contributed by atoms with van der Waals surface area (Å²) in [5.41, 5.74) is -0.330. The smallest absolute Gasteiger partial charge is 0.357 e. The summed E-state index contributed by atoms with van der Waals surface area (Å²) in [5, 5.41) is 5.29. The molecule has 1 aliphatic heterocycles. The molecule has 0 aliphatic carbocycles. The summed E-state index contributed by atoms with van der Waals surface area (Å²) in [5.74, 6) is -0.557. The van der Waals surface area contributed by atoms with Gasteiger partial charge in [0.05, 0.1) is 6.61 Å². The first-order valence-electron chi connectivity index (χ1n) is 8.67. The number of rotatable bonds is 6. The van der Waals surface area contributed by atoms with Gasteiger partial charge in [0.1, 0.15) is 0 Å². The molecule has 9 heteroatoms. The zero-order valence-electron chi connectivity index (χ0n) is 14.6. The Morgan fingerprint density at radius 3 is 2.72 bits per heavy atom. The lowest BCUT2D eigenvalue weighted by atomic mass is 10.2. The molecule has 3 rings (SSSR count). The summed E-state index contributed by atoms with van der Waals surface area (Å²) in [7, 11) is 0. The standard InChI is InChI=1S/C16H23N5O3S/c1-3-5-6-19-7-9-20(10-8-19)16-18-21-12(14(23)24-4-2)11-13(22)17-15(21)25-16/h11H,3-10H2,1-2H3. The van der Waals surface area contributed by atoms with Gasteiger partial charge in [-0.3, -0.25) is 9.69 Å². The second-order valence-corrected chi connectivity index (χ2v) is 6.90. The van der Waals surface area contributed by atoms with Crippen LogP contribution >= 0.6 is 11.3 Å². The lowest BCUT2D eigenvalue weighted by Crippen LogP contribution is -2.46. The van der Waals surface area contributed by atoms with Crippen molar-refractivity contribution in [1.29, 1.82) is 0 Å². The molecule has 2 aromatic heterocycles. The third-order valence-electron chi connectivity index (χ3n) is 4.20. The molecule has 0 atom stereocenters. The maximum atomic E-state index is 12.1. The van der Waals surface area contributed by atoms with Crippen molar-refractivity contribution in [2.75, 3.05) is 44.2 Å². The van der Waals surface area contributed by atoms with Crippen LogP contribution < -0.4 is 10.5 Å². The van der Waals surface area contributed by atoms with E-state index in [0.717, 1.165) is 37.9 Å². The van der Waals surface area contributed by atoms with E-state index >= 15 is 0 Å². The van der Waals surface area contributed by atoms with E-state index in [9.17, 15) is 9.59 Å². The Hall–Kier alpha value is -2.00. The Morgan fingerprint density at radius 2 is 2.04 bits per heavy atom. The Morgan fingerprint density at radius 1 is 1.28 bits per heavy atom. The van der Waals surface area contributed by atoms with Gasteiger partial charge in [0.15, 0.2) is 5.69 Å². The molecule has 1 fully saturated rings. The Labute approximate surface area is 150 Å². The molecule has 0 bridgehead atoms. The van der Waals surface area contributed by atoms with Gasteiger partial charge >= 0.3 is 5.97 Å².